The van der Waals surface area contributed by atoms with Crippen molar-refractivity contribution in [1.29, 1.82) is 0 Å². The lowest BCUT2D eigenvalue weighted by Gasteiger charge is -2.38. The molecule has 0 saturated carbocycles. The second-order valence-electron chi connectivity index (χ2n) is 5.84. The van der Waals surface area contributed by atoms with Crippen LogP contribution in [0.25, 0.3) is 0 Å². The lowest BCUT2D eigenvalue weighted by atomic mass is 10.1. The van der Waals surface area contributed by atoms with Gasteiger partial charge in [-0.25, -0.2) is 4.79 Å². The standard InChI is InChI=1S/C15H24N2O3S/c1-5-16(11-12-7-6-10-21-12)14(20)17(15(2,3)4)9-8-13(18)19/h6-7,10H,5,8-9,11H2,1-4H3,(H,18,19). The Labute approximate surface area is 130 Å². The van der Waals surface area contributed by atoms with Gasteiger partial charge in [0.2, 0.25) is 0 Å². The van der Waals surface area contributed by atoms with Gasteiger partial charge in [0, 0.05) is 23.5 Å². The molecule has 6 heteroatoms. The Morgan fingerprint density at radius 1 is 1.33 bits per heavy atom. The number of carboxylic acid groups (broad SMARTS) is 1. The molecule has 1 N–H and O–H groups in total. The molecule has 0 bridgehead atoms. The van der Waals surface area contributed by atoms with E-state index in [4.69, 9.17) is 5.11 Å². The van der Waals surface area contributed by atoms with Crippen LogP contribution in [-0.2, 0) is 11.3 Å². The predicted molar refractivity (Wildman–Crippen MR) is 84.5 cm³/mol. The molecule has 0 spiro atoms. The van der Waals surface area contributed by atoms with Crippen molar-refractivity contribution in [2.45, 2.75) is 46.2 Å². The molecule has 2 amide bonds. The first kappa shape index (κ1) is 17.5. The summed E-state index contributed by atoms with van der Waals surface area (Å²) in [5.41, 5.74) is -0.407. The van der Waals surface area contributed by atoms with Crippen molar-refractivity contribution in [2.24, 2.45) is 0 Å². The quantitative estimate of drug-likeness (QED) is 0.877. The van der Waals surface area contributed by atoms with Gasteiger partial charge in [0.1, 0.15) is 0 Å². The van der Waals surface area contributed by atoms with Crippen LogP contribution in [0.3, 0.4) is 0 Å². The number of carbonyl (C=O) groups is 2. The molecule has 0 saturated heterocycles. The zero-order valence-corrected chi connectivity index (χ0v) is 13.9. The molecule has 21 heavy (non-hydrogen) atoms. The number of thiophene rings is 1. The summed E-state index contributed by atoms with van der Waals surface area (Å²) < 4.78 is 0. The third-order valence-corrected chi connectivity index (χ3v) is 4.03. The van der Waals surface area contributed by atoms with Crippen molar-refractivity contribution in [2.75, 3.05) is 13.1 Å². The zero-order chi connectivity index (χ0) is 16.0. The highest BCUT2D eigenvalue weighted by atomic mass is 32.1. The van der Waals surface area contributed by atoms with Gasteiger partial charge in [-0.3, -0.25) is 4.79 Å². The van der Waals surface area contributed by atoms with Crippen molar-refractivity contribution in [1.82, 2.24) is 9.80 Å². The van der Waals surface area contributed by atoms with E-state index in [0.29, 0.717) is 13.1 Å². The molecule has 1 aromatic heterocycles. The maximum atomic E-state index is 12.7. The van der Waals surface area contributed by atoms with E-state index in [1.165, 1.54) is 0 Å². The van der Waals surface area contributed by atoms with Crippen LogP contribution in [0, 0.1) is 0 Å². The summed E-state index contributed by atoms with van der Waals surface area (Å²) in [4.78, 5) is 28.0. The molecule has 0 aliphatic carbocycles. The van der Waals surface area contributed by atoms with E-state index in [-0.39, 0.29) is 19.0 Å². The number of hydrogen-bond acceptors (Lipinski definition) is 3. The van der Waals surface area contributed by atoms with Crippen LogP contribution in [0.2, 0.25) is 0 Å². The summed E-state index contributed by atoms with van der Waals surface area (Å²) in [7, 11) is 0. The largest absolute Gasteiger partial charge is 0.481 e. The zero-order valence-electron chi connectivity index (χ0n) is 13.1. The fourth-order valence-corrected chi connectivity index (χ4v) is 2.72. The molecule has 0 radical (unpaired) electrons. The first-order valence-corrected chi connectivity index (χ1v) is 7.94. The summed E-state index contributed by atoms with van der Waals surface area (Å²) >= 11 is 1.61. The fourth-order valence-electron chi connectivity index (χ4n) is 2.00. The average molecular weight is 312 g/mol. The van der Waals surface area contributed by atoms with Crippen LogP contribution in [0.4, 0.5) is 4.79 Å². The Hall–Kier alpha value is -1.56. The van der Waals surface area contributed by atoms with Crippen LogP contribution < -0.4 is 0 Å². The Bertz CT molecular complexity index is 466. The highest BCUT2D eigenvalue weighted by Crippen LogP contribution is 2.19. The highest BCUT2D eigenvalue weighted by molar-refractivity contribution is 7.09. The van der Waals surface area contributed by atoms with Gasteiger partial charge in [0.15, 0.2) is 0 Å². The molecular formula is C15H24N2O3S. The van der Waals surface area contributed by atoms with Gasteiger partial charge in [-0.2, -0.15) is 0 Å². The molecule has 0 atom stereocenters. The van der Waals surface area contributed by atoms with Crippen molar-refractivity contribution < 1.29 is 14.7 Å². The predicted octanol–water partition coefficient (Wildman–Crippen LogP) is 3.27. The number of carboxylic acids is 1. The number of amides is 2. The summed E-state index contributed by atoms with van der Waals surface area (Å²) in [6.07, 6.45) is -0.0421. The molecule has 118 valence electrons. The first-order valence-electron chi connectivity index (χ1n) is 7.06. The van der Waals surface area contributed by atoms with Gasteiger partial charge >= 0.3 is 12.0 Å². The molecular weight excluding hydrogens is 288 g/mol. The minimum absolute atomic E-state index is 0.0421. The van der Waals surface area contributed by atoms with E-state index in [0.717, 1.165) is 4.88 Å². The number of urea groups is 1. The third kappa shape index (κ3) is 5.38. The molecule has 0 aliphatic rings. The monoisotopic (exact) mass is 312 g/mol. The van der Waals surface area contributed by atoms with Crippen molar-refractivity contribution >= 4 is 23.3 Å². The maximum Gasteiger partial charge on any atom is 0.320 e. The van der Waals surface area contributed by atoms with E-state index < -0.39 is 11.5 Å². The van der Waals surface area contributed by atoms with Gasteiger partial charge < -0.3 is 14.9 Å². The molecule has 1 aromatic rings. The Morgan fingerprint density at radius 2 is 2.00 bits per heavy atom. The van der Waals surface area contributed by atoms with E-state index in [1.54, 1.807) is 21.1 Å². The highest BCUT2D eigenvalue weighted by Gasteiger charge is 2.30. The van der Waals surface area contributed by atoms with Crippen LogP contribution in [0.15, 0.2) is 17.5 Å². The first-order chi connectivity index (χ1) is 9.75. The van der Waals surface area contributed by atoms with Gasteiger partial charge in [-0.05, 0) is 39.1 Å². The fraction of sp³-hybridized carbons (Fsp3) is 0.600. The van der Waals surface area contributed by atoms with E-state index in [2.05, 4.69) is 0 Å². The van der Waals surface area contributed by atoms with Crippen LogP contribution >= 0.6 is 11.3 Å². The lowest BCUT2D eigenvalue weighted by Crippen LogP contribution is -2.52. The third-order valence-electron chi connectivity index (χ3n) is 3.17. The lowest BCUT2D eigenvalue weighted by molar-refractivity contribution is -0.137. The average Bonchev–Trinajstić information content (AvgIpc) is 2.86. The number of aliphatic carboxylic acids is 1. The second-order valence-corrected chi connectivity index (χ2v) is 6.87. The van der Waals surface area contributed by atoms with Crippen LogP contribution in [-0.4, -0.2) is 45.5 Å². The van der Waals surface area contributed by atoms with Gasteiger partial charge in [-0.1, -0.05) is 6.07 Å². The summed E-state index contributed by atoms with van der Waals surface area (Å²) in [5.74, 6) is -0.890. The summed E-state index contributed by atoms with van der Waals surface area (Å²) in [6, 6.07) is 3.85. The minimum Gasteiger partial charge on any atom is -0.481 e. The molecule has 0 aromatic carbocycles. The number of nitrogens with zero attached hydrogens (tertiary/aromatic N) is 2. The SMILES string of the molecule is CCN(Cc1cccs1)C(=O)N(CCC(=O)O)C(C)(C)C. The van der Waals surface area contributed by atoms with Crippen molar-refractivity contribution in [3.63, 3.8) is 0 Å². The Balaban J connectivity index is 2.83. The van der Waals surface area contributed by atoms with Crippen molar-refractivity contribution in [3.8, 4) is 0 Å². The van der Waals surface area contributed by atoms with E-state index >= 15 is 0 Å². The van der Waals surface area contributed by atoms with E-state index in [1.807, 2.05) is 45.2 Å². The topological polar surface area (TPSA) is 60.9 Å². The van der Waals surface area contributed by atoms with Gasteiger partial charge in [0.25, 0.3) is 0 Å². The van der Waals surface area contributed by atoms with Gasteiger partial charge in [0.05, 0.1) is 13.0 Å². The smallest absolute Gasteiger partial charge is 0.320 e. The molecule has 5 nitrogen and oxygen atoms in total. The maximum absolute atomic E-state index is 12.7. The normalized spacial score (nSPS) is 11.2. The second kappa shape index (κ2) is 7.45. The van der Waals surface area contributed by atoms with E-state index in [9.17, 15) is 9.59 Å². The van der Waals surface area contributed by atoms with Crippen molar-refractivity contribution in [3.05, 3.63) is 22.4 Å². The van der Waals surface area contributed by atoms with Crippen LogP contribution in [0.1, 0.15) is 39.0 Å². The Morgan fingerprint density at radius 3 is 2.43 bits per heavy atom. The summed E-state index contributed by atoms with van der Waals surface area (Å²) in [6.45, 7) is 9.08. The Kier molecular flexibility index (Phi) is 6.20. The van der Waals surface area contributed by atoms with Gasteiger partial charge in [-0.15, -0.1) is 11.3 Å². The van der Waals surface area contributed by atoms with Crippen LogP contribution in [0.5, 0.6) is 0 Å². The minimum atomic E-state index is -0.890. The number of rotatable bonds is 6. The molecule has 1 heterocycles. The molecule has 0 aliphatic heterocycles. The molecule has 1 rings (SSSR count). The number of hydrogen-bond donors (Lipinski definition) is 1. The number of carbonyl (C=O) groups excluding carboxylic acids is 1. The molecule has 0 fully saturated rings. The molecule has 0 unspecified atom stereocenters. The summed E-state index contributed by atoms with van der Waals surface area (Å²) in [5, 5.41) is 10.8.